The first kappa shape index (κ1) is 15.3. The minimum absolute atomic E-state index is 0.0117. The van der Waals surface area contributed by atoms with Crippen LogP contribution in [0, 0.1) is 5.92 Å². The molecule has 1 saturated carbocycles. The first-order valence-electron chi connectivity index (χ1n) is 7.67. The van der Waals surface area contributed by atoms with E-state index in [9.17, 15) is 8.42 Å². The predicted octanol–water partition coefficient (Wildman–Crippen LogP) is 2.76. The number of nitrogens with two attached hydrogens (primary N) is 1. The Balaban J connectivity index is 1.91. The molecule has 1 aliphatic carbocycles. The second-order valence-electron chi connectivity index (χ2n) is 5.84. The molecule has 2 N–H and O–H groups in total. The lowest BCUT2D eigenvalue weighted by Crippen LogP contribution is -2.13. The smallest absolute Gasteiger partial charge is 0.182 e. The average Bonchev–Trinajstić information content (AvgIpc) is 3.31. The Morgan fingerprint density at radius 1 is 1.00 bits per heavy atom. The van der Waals surface area contributed by atoms with Crippen molar-refractivity contribution in [2.24, 2.45) is 11.7 Å². The van der Waals surface area contributed by atoms with Gasteiger partial charge in [0.15, 0.2) is 9.84 Å². The SMILES string of the molecule is CCc1ccc([C@H]2[C@H](CN)[C@@H]2S(=O)(=O)c2ccccc2)cc1. The highest BCUT2D eigenvalue weighted by atomic mass is 32.2. The molecule has 0 aromatic heterocycles. The normalized spacial score (nSPS) is 24.2. The van der Waals surface area contributed by atoms with Gasteiger partial charge in [-0.25, -0.2) is 8.42 Å². The van der Waals surface area contributed by atoms with Crippen LogP contribution in [-0.4, -0.2) is 20.2 Å². The van der Waals surface area contributed by atoms with E-state index in [0.29, 0.717) is 11.4 Å². The van der Waals surface area contributed by atoms with Crippen LogP contribution in [0.2, 0.25) is 0 Å². The maximum absolute atomic E-state index is 12.8. The van der Waals surface area contributed by atoms with Crippen LogP contribution in [0.4, 0.5) is 0 Å². The van der Waals surface area contributed by atoms with E-state index >= 15 is 0 Å². The lowest BCUT2D eigenvalue weighted by Gasteiger charge is -2.05. The zero-order chi connectivity index (χ0) is 15.7. The first-order chi connectivity index (χ1) is 10.6. The summed E-state index contributed by atoms with van der Waals surface area (Å²) in [5.41, 5.74) is 8.16. The van der Waals surface area contributed by atoms with Gasteiger partial charge < -0.3 is 5.73 Å². The molecule has 0 aliphatic heterocycles. The zero-order valence-electron chi connectivity index (χ0n) is 12.6. The van der Waals surface area contributed by atoms with Crippen LogP contribution in [0.15, 0.2) is 59.5 Å². The molecule has 3 rings (SSSR count). The fourth-order valence-corrected chi connectivity index (χ4v) is 5.47. The van der Waals surface area contributed by atoms with Crippen molar-refractivity contribution in [2.45, 2.75) is 29.4 Å². The zero-order valence-corrected chi connectivity index (χ0v) is 13.5. The number of aryl methyl sites for hydroxylation is 1. The highest BCUT2D eigenvalue weighted by Crippen LogP contribution is 2.53. The van der Waals surface area contributed by atoms with Crippen LogP contribution < -0.4 is 5.73 Å². The Hall–Kier alpha value is -1.65. The summed E-state index contributed by atoms with van der Waals surface area (Å²) < 4.78 is 25.6. The highest BCUT2D eigenvalue weighted by Gasteiger charge is 2.57. The molecule has 0 saturated heterocycles. The topological polar surface area (TPSA) is 60.2 Å². The monoisotopic (exact) mass is 315 g/mol. The van der Waals surface area contributed by atoms with Crippen molar-refractivity contribution < 1.29 is 8.42 Å². The summed E-state index contributed by atoms with van der Waals surface area (Å²) in [6, 6.07) is 16.9. The molecule has 0 unspecified atom stereocenters. The van der Waals surface area contributed by atoms with Gasteiger partial charge in [-0.2, -0.15) is 0 Å². The molecular weight excluding hydrogens is 294 g/mol. The molecule has 2 aromatic rings. The minimum atomic E-state index is -3.32. The van der Waals surface area contributed by atoms with Crippen LogP contribution in [0.1, 0.15) is 24.0 Å². The Morgan fingerprint density at radius 3 is 2.18 bits per heavy atom. The summed E-state index contributed by atoms with van der Waals surface area (Å²) in [6.07, 6.45) is 0.983. The lowest BCUT2D eigenvalue weighted by atomic mass is 10.1. The maximum atomic E-state index is 12.8. The van der Waals surface area contributed by atoms with E-state index in [1.54, 1.807) is 24.3 Å². The molecule has 3 atom stereocenters. The van der Waals surface area contributed by atoms with E-state index < -0.39 is 15.1 Å². The molecule has 0 bridgehead atoms. The Labute approximate surface area is 132 Å². The lowest BCUT2D eigenvalue weighted by molar-refractivity contribution is 0.591. The van der Waals surface area contributed by atoms with Crippen molar-refractivity contribution in [1.82, 2.24) is 0 Å². The second-order valence-corrected chi connectivity index (χ2v) is 7.95. The molecule has 1 aliphatic rings. The van der Waals surface area contributed by atoms with Crippen LogP contribution >= 0.6 is 0 Å². The van der Waals surface area contributed by atoms with Gasteiger partial charge in [0.05, 0.1) is 10.1 Å². The summed E-state index contributed by atoms with van der Waals surface area (Å²) in [6.45, 7) is 2.51. The molecule has 0 spiro atoms. The van der Waals surface area contributed by atoms with Crippen LogP contribution in [0.25, 0.3) is 0 Å². The number of sulfone groups is 1. The predicted molar refractivity (Wildman–Crippen MR) is 88.5 cm³/mol. The third kappa shape index (κ3) is 2.57. The Kier molecular flexibility index (Phi) is 4.06. The molecule has 4 heteroatoms. The molecule has 0 radical (unpaired) electrons. The third-order valence-corrected chi connectivity index (χ3v) is 6.86. The Morgan fingerprint density at radius 2 is 1.64 bits per heavy atom. The van der Waals surface area contributed by atoms with E-state index in [0.717, 1.165) is 12.0 Å². The fourth-order valence-electron chi connectivity index (χ4n) is 3.23. The first-order valence-corrected chi connectivity index (χ1v) is 9.22. The second kappa shape index (κ2) is 5.86. The molecule has 3 nitrogen and oxygen atoms in total. The number of benzene rings is 2. The number of rotatable bonds is 5. The van der Waals surface area contributed by atoms with Crippen molar-refractivity contribution in [3.63, 3.8) is 0 Å². The average molecular weight is 315 g/mol. The van der Waals surface area contributed by atoms with Gasteiger partial charge in [0.25, 0.3) is 0 Å². The summed E-state index contributed by atoms with van der Waals surface area (Å²) >= 11 is 0. The molecular formula is C18H21NO2S. The third-order valence-electron chi connectivity index (χ3n) is 4.57. The molecule has 22 heavy (non-hydrogen) atoms. The molecule has 0 amide bonds. The van der Waals surface area contributed by atoms with E-state index in [1.165, 1.54) is 5.56 Å². The van der Waals surface area contributed by atoms with Gasteiger partial charge in [-0.05, 0) is 42.1 Å². The molecule has 2 aromatic carbocycles. The van der Waals surface area contributed by atoms with Crippen molar-refractivity contribution >= 4 is 9.84 Å². The Bertz CT molecular complexity index is 738. The molecule has 116 valence electrons. The van der Waals surface area contributed by atoms with E-state index in [4.69, 9.17) is 5.73 Å². The van der Waals surface area contributed by atoms with Crippen molar-refractivity contribution in [3.05, 3.63) is 65.7 Å². The molecule has 1 fully saturated rings. The summed E-state index contributed by atoms with van der Waals surface area (Å²) in [5, 5.41) is -0.396. The summed E-state index contributed by atoms with van der Waals surface area (Å²) in [5.74, 6) is 0.0267. The van der Waals surface area contributed by atoms with E-state index in [-0.39, 0.29) is 11.8 Å². The van der Waals surface area contributed by atoms with Gasteiger partial charge in [0.2, 0.25) is 0 Å². The maximum Gasteiger partial charge on any atom is 0.182 e. The largest absolute Gasteiger partial charge is 0.330 e. The highest BCUT2D eigenvalue weighted by molar-refractivity contribution is 7.92. The standard InChI is InChI=1S/C18H21NO2S/c1-2-13-8-10-14(11-9-13)17-16(12-19)18(17)22(20,21)15-6-4-3-5-7-15/h3-11,16-18H,2,12,19H2,1H3/t16-,17-,18-/m0/s1. The molecule has 0 heterocycles. The van der Waals surface area contributed by atoms with Crippen molar-refractivity contribution in [3.8, 4) is 0 Å². The fraction of sp³-hybridized carbons (Fsp3) is 0.333. The van der Waals surface area contributed by atoms with Gasteiger partial charge in [-0.15, -0.1) is 0 Å². The number of hydrogen-bond acceptors (Lipinski definition) is 3. The van der Waals surface area contributed by atoms with Gasteiger partial charge in [0, 0.05) is 5.92 Å². The summed E-state index contributed by atoms with van der Waals surface area (Å²) in [7, 11) is -3.32. The van der Waals surface area contributed by atoms with Crippen LogP contribution in [-0.2, 0) is 16.3 Å². The van der Waals surface area contributed by atoms with Gasteiger partial charge in [0.1, 0.15) is 0 Å². The van der Waals surface area contributed by atoms with Crippen molar-refractivity contribution in [1.29, 1.82) is 0 Å². The number of hydrogen-bond donors (Lipinski definition) is 1. The minimum Gasteiger partial charge on any atom is -0.330 e. The van der Waals surface area contributed by atoms with Crippen LogP contribution in [0.3, 0.4) is 0 Å². The quantitative estimate of drug-likeness (QED) is 0.923. The van der Waals surface area contributed by atoms with Crippen LogP contribution in [0.5, 0.6) is 0 Å². The van der Waals surface area contributed by atoms with Crippen molar-refractivity contribution in [2.75, 3.05) is 6.54 Å². The van der Waals surface area contributed by atoms with E-state index in [1.807, 2.05) is 18.2 Å². The van der Waals surface area contributed by atoms with Gasteiger partial charge in [-0.3, -0.25) is 0 Å². The van der Waals surface area contributed by atoms with Gasteiger partial charge in [-0.1, -0.05) is 49.4 Å². The van der Waals surface area contributed by atoms with Gasteiger partial charge >= 0.3 is 0 Å². The van der Waals surface area contributed by atoms with E-state index in [2.05, 4.69) is 19.1 Å². The summed E-state index contributed by atoms with van der Waals surface area (Å²) in [4.78, 5) is 0.395.